The van der Waals surface area contributed by atoms with Gasteiger partial charge in [0.15, 0.2) is 5.82 Å². The molecule has 4 rings (SSSR count). The predicted molar refractivity (Wildman–Crippen MR) is 77.9 cm³/mol. The number of anilines is 1. The number of hydrogen-bond acceptors (Lipinski definition) is 4. The van der Waals surface area contributed by atoms with E-state index in [4.69, 9.17) is 0 Å². The first-order chi connectivity index (χ1) is 10.1. The van der Waals surface area contributed by atoms with Crippen LogP contribution in [0, 0.1) is 17.8 Å². The summed E-state index contributed by atoms with van der Waals surface area (Å²) < 4.78 is 1.94. The van der Waals surface area contributed by atoms with Gasteiger partial charge in [-0.25, -0.2) is 9.97 Å². The summed E-state index contributed by atoms with van der Waals surface area (Å²) >= 11 is 0. The average Bonchev–Trinajstić information content (AvgIpc) is 3.14. The Balaban J connectivity index is 1.69. The lowest BCUT2D eigenvalue weighted by Crippen LogP contribution is -2.39. The molecule has 0 radical (unpaired) electrons. The number of rotatable bonds is 3. The van der Waals surface area contributed by atoms with Crippen LogP contribution in [-0.4, -0.2) is 31.7 Å². The second-order valence-corrected chi connectivity index (χ2v) is 6.25. The average molecular weight is 286 g/mol. The Morgan fingerprint density at radius 3 is 3.00 bits per heavy atom. The van der Waals surface area contributed by atoms with Gasteiger partial charge in [-0.3, -0.25) is 4.79 Å². The molecule has 0 aliphatic heterocycles. The third-order valence-corrected chi connectivity index (χ3v) is 5.15. The first-order valence-corrected chi connectivity index (χ1v) is 7.40. The molecule has 6 nitrogen and oxygen atoms in total. The van der Waals surface area contributed by atoms with Crippen molar-refractivity contribution in [2.24, 2.45) is 24.8 Å². The Kier molecular flexibility index (Phi) is 2.67. The van der Waals surface area contributed by atoms with Gasteiger partial charge in [0, 0.05) is 19.3 Å². The van der Waals surface area contributed by atoms with Gasteiger partial charge in [0.25, 0.3) is 0 Å². The zero-order valence-corrected chi connectivity index (χ0v) is 11.9. The highest BCUT2D eigenvalue weighted by Gasteiger charge is 2.51. The molecule has 2 aromatic rings. The summed E-state index contributed by atoms with van der Waals surface area (Å²) in [5.41, 5.74) is 1.81. The molecule has 2 aliphatic rings. The van der Waals surface area contributed by atoms with Gasteiger partial charge in [0.05, 0.1) is 17.8 Å². The van der Waals surface area contributed by atoms with E-state index < -0.39 is 5.97 Å². The highest BCUT2D eigenvalue weighted by atomic mass is 16.4. The largest absolute Gasteiger partial charge is 0.481 e. The van der Waals surface area contributed by atoms with E-state index in [1.165, 1.54) is 0 Å². The number of carbonyl (C=O) groups is 1. The summed E-state index contributed by atoms with van der Waals surface area (Å²) in [4.78, 5) is 20.3. The van der Waals surface area contributed by atoms with Gasteiger partial charge in [-0.1, -0.05) is 0 Å². The minimum absolute atomic E-state index is 0.0265. The first kappa shape index (κ1) is 12.6. The van der Waals surface area contributed by atoms with Gasteiger partial charge in [-0.15, -0.1) is 0 Å². The van der Waals surface area contributed by atoms with E-state index >= 15 is 0 Å². The first-order valence-electron chi connectivity index (χ1n) is 7.40. The van der Waals surface area contributed by atoms with Crippen LogP contribution in [0.2, 0.25) is 0 Å². The van der Waals surface area contributed by atoms with E-state index in [9.17, 15) is 9.90 Å². The van der Waals surface area contributed by atoms with Gasteiger partial charge in [0.2, 0.25) is 0 Å². The highest BCUT2D eigenvalue weighted by molar-refractivity contribution is 5.86. The number of hydrogen-bond donors (Lipinski definition) is 2. The maximum atomic E-state index is 11.6. The molecule has 0 saturated heterocycles. The highest BCUT2D eigenvalue weighted by Crippen LogP contribution is 2.49. The fraction of sp³-hybridized carbons (Fsp3) is 0.533. The van der Waals surface area contributed by atoms with Crippen LogP contribution in [0.3, 0.4) is 0 Å². The quantitative estimate of drug-likeness (QED) is 0.900. The summed E-state index contributed by atoms with van der Waals surface area (Å²) in [6, 6.07) is 1.89. The lowest BCUT2D eigenvalue weighted by Gasteiger charge is -2.29. The molecule has 4 unspecified atom stereocenters. The minimum Gasteiger partial charge on any atom is -0.481 e. The molecule has 2 fully saturated rings. The molecule has 2 aliphatic carbocycles. The van der Waals surface area contributed by atoms with E-state index in [2.05, 4.69) is 15.3 Å². The van der Waals surface area contributed by atoms with Crippen molar-refractivity contribution in [2.75, 3.05) is 5.32 Å². The number of imidazole rings is 1. The number of carboxylic acid groups (broad SMARTS) is 1. The van der Waals surface area contributed by atoms with E-state index in [-0.39, 0.29) is 12.0 Å². The summed E-state index contributed by atoms with van der Waals surface area (Å²) in [7, 11) is 1.94. The van der Waals surface area contributed by atoms with Crippen molar-refractivity contribution >= 4 is 22.8 Å². The third kappa shape index (κ3) is 1.81. The number of aromatic nitrogens is 3. The standard InChI is InChI=1S/C15H18N4O2/c1-19-7-17-13-10(19)4-5-16-14(13)18-12-9-3-2-8(6-9)11(12)15(20)21/h4-5,7-9,11-12H,2-3,6H2,1H3,(H,16,18)(H,20,21). The molecule has 2 N–H and O–H groups in total. The van der Waals surface area contributed by atoms with Crippen LogP contribution in [0.25, 0.3) is 11.0 Å². The molecular formula is C15H18N4O2. The number of fused-ring (bicyclic) bond motifs is 3. The summed E-state index contributed by atoms with van der Waals surface area (Å²) in [6.07, 6.45) is 6.68. The zero-order chi connectivity index (χ0) is 14.6. The van der Waals surface area contributed by atoms with Crippen molar-refractivity contribution < 1.29 is 9.90 Å². The molecule has 2 heterocycles. The van der Waals surface area contributed by atoms with Gasteiger partial charge in [0.1, 0.15) is 5.52 Å². The van der Waals surface area contributed by atoms with E-state index in [1.54, 1.807) is 12.5 Å². The monoisotopic (exact) mass is 286 g/mol. The van der Waals surface area contributed by atoms with Crippen LogP contribution in [0.1, 0.15) is 19.3 Å². The van der Waals surface area contributed by atoms with Crippen LogP contribution in [0.5, 0.6) is 0 Å². The van der Waals surface area contributed by atoms with Gasteiger partial charge < -0.3 is 15.0 Å². The number of aliphatic carboxylic acids is 1. The number of nitrogens with zero attached hydrogens (tertiary/aromatic N) is 3. The molecule has 0 aromatic carbocycles. The summed E-state index contributed by atoms with van der Waals surface area (Å²) in [5, 5.41) is 12.9. The minimum atomic E-state index is -0.687. The molecule has 110 valence electrons. The molecular weight excluding hydrogens is 268 g/mol. The van der Waals surface area contributed by atoms with Gasteiger partial charge in [-0.05, 0) is 37.2 Å². The van der Waals surface area contributed by atoms with E-state index in [1.807, 2.05) is 17.7 Å². The van der Waals surface area contributed by atoms with Crippen molar-refractivity contribution in [1.29, 1.82) is 0 Å². The fourth-order valence-electron chi connectivity index (χ4n) is 4.18. The summed E-state index contributed by atoms with van der Waals surface area (Å²) in [5.74, 6) is 0.471. The molecule has 0 amide bonds. The Morgan fingerprint density at radius 2 is 2.19 bits per heavy atom. The maximum Gasteiger partial charge on any atom is 0.308 e. The molecule has 6 heteroatoms. The molecule has 2 saturated carbocycles. The lowest BCUT2D eigenvalue weighted by atomic mass is 9.84. The predicted octanol–water partition coefficient (Wildman–Crippen LogP) is 1.88. The summed E-state index contributed by atoms with van der Waals surface area (Å²) in [6.45, 7) is 0. The third-order valence-electron chi connectivity index (χ3n) is 5.15. The number of nitrogens with one attached hydrogen (secondary N) is 1. The van der Waals surface area contributed by atoms with Crippen molar-refractivity contribution in [1.82, 2.24) is 14.5 Å². The van der Waals surface area contributed by atoms with Crippen LogP contribution >= 0.6 is 0 Å². The van der Waals surface area contributed by atoms with Crippen LogP contribution in [0.4, 0.5) is 5.82 Å². The molecule has 2 bridgehead atoms. The number of pyridine rings is 1. The van der Waals surface area contributed by atoms with Gasteiger partial charge in [-0.2, -0.15) is 0 Å². The van der Waals surface area contributed by atoms with Crippen molar-refractivity contribution in [3.05, 3.63) is 18.6 Å². The topological polar surface area (TPSA) is 80.0 Å². The number of aryl methyl sites for hydroxylation is 1. The normalized spacial score (nSPS) is 30.9. The lowest BCUT2D eigenvalue weighted by molar-refractivity contribution is -0.143. The Hall–Kier alpha value is -2.11. The van der Waals surface area contributed by atoms with E-state index in [0.717, 1.165) is 30.3 Å². The Bertz CT molecular complexity index is 711. The second kappa shape index (κ2) is 4.44. The molecule has 21 heavy (non-hydrogen) atoms. The Morgan fingerprint density at radius 1 is 1.38 bits per heavy atom. The molecule has 2 aromatic heterocycles. The molecule has 0 spiro atoms. The zero-order valence-electron chi connectivity index (χ0n) is 11.9. The fourth-order valence-corrected chi connectivity index (χ4v) is 4.18. The Labute approximate surface area is 122 Å². The SMILES string of the molecule is Cn1cnc2c(NC3C4CCC(C4)C3C(=O)O)nccc21. The maximum absolute atomic E-state index is 11.6. The van der Waals surface area contributed by atoms with E-state index in [0.29, 0.717) is 17.7 Å². The second-order valence-electron chi connectivity index (χ2n) is 6.25. The van der Waals surface area contributed by atoms with Gasteiger partial charge >= 0.3 is 5.97 Å². The van der Waals surface area contributed by atoms with Crippen molar-refractivity contribution in [3.8, 4) is 0 Å². The van der Waals surface area contributed by atoms with Crippen LogP contribution in [0.15, 0.2) is 18.6 Å². The van der Waals surface area contributed by atoms with Crippen LogP contribution < -0.4 is 5.32 Å². The van der Waals surface area contributed by atoms with Crippen molar-refractivity contribution in [3.63, 3.8) is 0 Å². The smallest absolute Gasteiger partial charge is 0.308 e. The number of carboxylic acids is 1. The van der Waals surface area contributed by atoms with Crippen LogP contribution in [-0.2, 0) is 11.8 Å². The van der Waals surface area contributed by atoms with Crippen molar-refractivity contribution in [2.45, 2.75) is 25.3 Å². The molecule has 4 atom stereocenters.